The Hall–Kier alpha value is -1.89. The van der Waals surface area contributed by atoms with Gasteiger partial charge in [0.05, 0.1) is 10.6 Å². The smallest absolute Gasteiger partial charge is 0.255 e. The second-order valence-corrected chi connectivity index (χ2v) is 8.29. The Morgan fingerprint density at radius 3 is 2.50 bits per heavy atom. The number of nitrogens with zero attached hydrogens (tertiary/aromatic N) is 1. The minimum Gasteiger partial charge on any atom is -0.255 e. The van der Waals surface area contributed by atoms with E-state index in [1.165, 1.54) is 11.3 Å². The Kier molecular flexibility index (Phi) is 4.62. The van der Waals surface area contributed by atoms with Crippen LogP contribution in [-0.2, 0) is 10.0 Å². The fourth-order valence-electron chi connectivity index (χ4n) is 2.28. The molecule has 7 heteroatoms. The van der Waals surface area contributed by atoms with E-state index >= 15 is 0 Å². The third-order valence-corrected chi connectivity index (χ3v) is 6.32. The number of sulfonamides is 1. The van der Waals surface area contributed by atoms with Crippen LogP contribution in [0, 0.1) is 13.8 Å². The normalized spacial score (nSPS) is 11.5. The van der Waals surface area contributed by atoms with E-state index < -0.39 is 10.0 Å². The van der Waals surface area contributed by atoms with Gasteiger partial charge in [-0.1, -0.05) is 41.9 Å². The number of thiazole rings is 1. The van der Waals surface area contributed by atoms with Crippen LogP contribution in [0.2, 0.25) is 5.02 Å². The van der Waals surface area contributed by atoms with Crippen LogP contribution in [0.15, 0.2) is 52.7 Å². The molecular formula is C17H15ClN2O2S2. The van der Waals surface area contributed by atoms with Crippen LogP contribution < -0.4 is 4.72 Å². The van der Waals surface area contributed by atoms with Gasteiger partial charge in [0, 0.05) is 16.0 Å². The van der Waals surface area contributed by atoms with Gasteiger partial charge in [-0.05, 0) is 37.1 Å². The quantitative estimate of drug-likeness (QED) is 0.703. The van der Waals surface area contributed by atoms with Crippen molar-refractivity contribution < 1.29 is 8.42 Å². The van der Waals surface area contributed by atoms with Crippen molar-refractivity contribution in [2.24, 2.45) is 0 Å². The molecule has 0 aliphatic rings. The zero-order valence-corrected chi connectivity index (χ0v) is 15.5. The molecule has 24 heavy (non-hydrogen) atoms. The lowest BCUT2D eigenvalue weighted by atomic mass is 10.2. The summed E-state index contributed by atoms with van der Waals surface area (Å²) in [5.74, 6) is 0. The lowest BCUT2D eigenvalue weighted by Gasteiger charge is -2.10. The third-order valence-electron chi connectivity index (χ3n) is 3.54. The summed E-state index contributed by atoms with van der Waals surface area (Å²) in [5, 5.41) is 2.71. The van der Waals surface area contributed by atoms with Crippen molar-refractivity contribution >= 4 is 38.1 Å². The summed E-state index contributed by atoms with van der Waals surface area (Å²) in [5.41, 5.74) is 2.99. The van der Waals surface area contributed by atoms with E-state index in [0.29, 0.717) is 21.3 Å². The summed E-state index contributed by atoms with van der Waals surface area (Å²) in [4.78, 5) is 4.57. The van der Waals surface area contributed by atoms with Crippen molar-refractivity contribution in [1.82, 2.24) is 4.98 Å². The summed E-state index contributed by atoms with van der Waals surface area (Å²) in [6.45, 7) is 3.49. The molecule has 0 amide bonds. The lowest BCUT2D eigenvalue weighted by Crippen LogP contribution is -2.14. The van der Waals surface area contributed by atoms with E-state index in [1.54, 1.807) is 26.0 Å². The van der Waals surface area contributed by atoms with Gasteiger partial charge in [-0.3, -0.25) is 4.72 Å². The van der Waals surface area contributed by atoms with Gasteiger partial charge in [0.15, 0.2) is 5.13 Å². The van der Waals surface area contributed by atoms with Gasteiger partial charge in [0.25, 0.3) is 10.0 Å². The molecule has 2 aromatic carbocycles. The standard InChI is InChI=1S/C17H15ClN2O2S2/c1-11-9-16(12(2)8-14(11)18)24(21,22)20-17-19-15(10-23-17)13-6-4-3-5-7-13/h3-10H,1-2H3,(H,19,20). The molecule has 0 saturated carbocycles. The molecule has 124 valence electrons. The molecule has 1 aromatic heterocycles. The van der Waals surface area contributed by atoms with Gasteiger partial charge in [-0.15, -0.1) is 11.3 Å². The maximum atomic E-state index is 12.6. The number of hydrogen-bond donors (Lipinski definition) is 1. The van der Waals surface area contributed by atoms with E-state index in [9.17, 15) is 8.42 Å². The Morgan fingerprint density at radius 1 is 1.08 bits per heavy atom. The fourth-order valence-corrected chi connectivity index (χ4v) is 4.78. The first-order chi connectivity index (χ1) is 11.4. The molecule has 1 heterocycles. The van der Waals surface area contributed by atoms with Crippen LogP contribution in [0.25, 0.3) is 11.3 Å². The van der Waals surface area contributed by atoms with E-state index in [2.05, 4.69) is 9.71 Å². The van der Waals surface area contributed by atoms with Gasteiger partial charge >= 0.3 is 0 Å². The number of rotatable bonds is 4. The van der Waals surface area contributed by atoms with E-state index in [0.717, 1.165) is 11.3 Å². The van der Waals surface area contributed by atoms with E-state index in [-0.39, 0.29) is 4.90 Å². The first-order valence-corrected chi connectivity index (χ1v) is 9.91. The molecule has 0 radical (unpaired) electrons. The van der Waals surface area contributed by atoms with Crippen molar-refractivity contribution in [3.8, 4) is 11.3 Å². The first kappa shape index (κ1) is 17.0. The Morgan fingerprint density at radius 2 is 1.79 bits per heavy atom. The Bertz CT molecular complexity index is 983. The SMILES string of the molecule is Cc1cc(S(=O)(=O)Nc2nc(-c3ccccc3)cs2)c(C)cc1Cl. The van der Waals surface area contributed by atoms with Gasteiger partial charge in [0.2, 0.25) is 0 Å². The maximum absolute atomic E-state index is 12.6. The minimum absolute atomic E-state index is 0.209. The average molecular weight is 379 g/mol. The fraction of sp³-hybridized carbons (Fsp3) is 0.118. The van der Waals surface area contributed by atoms with E-state index in [1.807, 2.05) is 35.7 Å². The molecule has 0 bridgehead atoms. The highest BCUT2D eigenvalue weighted by Gasteiger charge is 2.20. The number of nitrogens with one attached hydrogen (secondary N) is 1. The summed E-state index contributed by atoms with van der Waals surface area (Å²) in [7, 11) is -3.71. The summed E-state index contributed by atoms with van der Waals surface area (Å²) in [6.07, 6.45) is 0. The van der Waals surface area contributed by atoms with Crippen LogP contribution >= 0.6 is 22.9 Å². The second-order valence-electron chi connectivity index (χ2n) is 5.38. The molecule has 0 saturated heterocycles. The molecule has 0 spiro atoms. The second kappa shape index (κ2) is 6.55. The molecule has 3 aromatic rings. The van der Waals surface area contributed by atoms with Crippen molar-refractivity contribution in [3.63, 3.8) is 0 Å². The summed E-state index contributed by atoms with van der Waals surface area (Å²) >= 11 is 7.29. The summed E-state index contributed by atoms with van der Waals surface area (Å²) in [6, 6.07) is 12.8. The highest BCUT2D eigenvalue weighted by Crippen LogP contribution is 2.29. The van der Waals surface area contributed by atoms with Crippen molar-refractivity contribution in [3.05, 3.63) is 64.0 Å². The number of hydrogen-bond acceptors (Lipinski definition) is 4. The highest BCUT2D eigenvalue weighted by atomic mass is 35.5. The van der Waals surface area contributed by atoms with Crippen LogP contribution in [-0.4, -0.2) is 13.4 Å². The first-order valence-electron chi connectivity index (χ1n) is 7.17. The van der Waals surface area contributed by atoms with Crippen LogP contribution in [0.5, 0.6) is 0 Å². The largest absolute Gasteiger partial charge is 0.263 e. The molecule has 4 nitrogen and oxygen atoms in total. The lowest BCUT2D eigenvalue weighted by molar-refractivity contribution is 0.600. The predicted octanol–water partition coefficient (Wildman–Crippen LogP) is 4.88. The number of benzene rings is 2. The molecule has 0 fully saturated rings. The van der Waals surface area contributed by atoms with Gasteiger partial charge in [-0.2, -0.15) is 0 Å². The Labute approximate surface area is 150 Å². The van der Waals surface area contributed by atoms with Crippen molar-refractivity contribution in [2.45, 2.75) is 18.7 Å². The van der Waals surface area contributed by atoms with E-state index in [4.69, 9.17) is 11.6 Å². The molecule has 0 atom stereocenters. The van der Waals surface area contributed by atoms with Gasteiger partial charge in [-0.25, -0.2) is 13.4 Å². The topological polar surface area (TPSA) is 59.1 Å². The van der Waals surface area contributed by atoms with Gasteiger partial charge < -0.3 is 0 Å². The number of anilines is 1. The monoisotopic (exact) mass is 378 g/mol. The van der Waals surface area contributed by atoms with Crippen LogP contribution in [0.3, 0.4) is 0 Å². The molecule has 1 N–H and O–H groups in total. The average Bonchev–Trinajstić information content (AvgIpc) is 2.99. The number of aryl methyl sites for hydroxylation is 2. The Balaban J connectivity index is 1.91. The highest BCUT2D eigenvalue weighted by molar-refractivity contribution is 7.93. The van der Waals surface area contributed by atoms with Crippen LogP contribution in [0.1, 0.15) is 11.1 Å². The zero-order valence-electron chi connectivity index (χ0n) is 13.1. The zero-order chi connectivity index (χ0) is 17.3. The molecule has 0 unspecified atom stereocenters. The van der Waals surface area contributed by atoms with Gasteiger partial charge in [0.1, 0.15) is 0 Å². The minimum atomic E-state index is -3.71. The van der Waals surface area contributed by atoms with Crippen molar-refractivity contribution in [1.29, 1.82) is 0 Å². The third kappa shape index (κ3) is 3.45. The molecule has 0 aliphatic heterocycles. The molecule has 0 aliphatic carbocycles. The number of aromatic nitrogens is 1. The summed E-state index contributed by atoms with van der Waals surface area (Å²) < 4.78 is 27.8. The van der Waals surface area contributed by atoms with Crippen molar-refractivity contribution in [2.75, 3.05) is 4.72 Å². The van der Waals surface area contributed by atoms with Crippen LogP contribution in [0.4, 0.5) is 5.13 Å². The molecule has 3 rings (SSSR count). The molecular weight excluding hydrogens is 364 g/mol. The predicted molar refractivity (Wildman–Crippen MR) is 99.3 cm³/mol. The maximum Gasteiger partial charge on any atom is 0.263 e. The number of halogens is 1.